The topological polar surface area (TPSA) is 74.8 Å². The Bertz CT molecular complexity index is 1510. The molecule has 0 atom stereocenters. The molecule has 0 aliphatic rings. The van der Waals surface area contributed by atoms with Gasteiger partial charge in [-0.05, 0) is 37.3 Å². The predicted octanol–water partition coefficient (Wildman–Crippen LogP) is 3.97. The van der Waals surface area contributed by atoms with Crippen molar-refractivity contribution in [2.45, 2.75) is 13.5 Å². The zero-order chi connectivity index (χ0) is 21.5. The van der Waals surface area contributed by atoms with Crippen molar-refractivity contribution in [3.05, 3.63) is 88.4 Å². The second kappa shape index (κ2) is 7.32. The number of para-hydroxylation sites is 1. The van der Waals surface area contributed by atoms with Crippen molar-refractivity contribution < 1.29 is 9.13 Å². The average molecular weight is 415 g/mol. The van der Waals surface area contributed by atoms with Gasteiger partial charge in [0.1, 0.15) is 11.2 Å². The van der Waals surface area contributed by atoms with Crippen LogP contribution in [0.2, 0.25) is 0 Å². The first-order chi connectivity index (χ1) is 15.0. The predicted molar refractivity (Wildman–Crippen MR) is 115 cm³/mol. The second-order valence-corrected chi connectivity index (χ2v) is 7.25. The van der Waals surface area contributed by atoms with Gasteiger partial charge in [0.2, 0.25) is 5.88 Å². The molecule has 7 nitrogen and oxygen atoms in total. The van der Waals surface area contributed by atoms with Crippen molar-refractivity contribution in [3.63, 3.8) is 0 Å². The number of benzene rings is 1. The van der Waals surface area contributed by atoms with E-state index in [9.17, 15) is 9.18 Å². The maximum Gasteiger partial charge on any atom is 0.291 e. The molecular weight excluding hydrogens is 397 g/mol. The van der Waals surface area contributed by atoms with Crippen LogP contribution in [0.15, 0.2) is 65.6 Å². The summed E-state index contributed by atoms with van der Waals surface area (Å²) in [6, 6.07) is 15.2. The van der Waals surface area contributed by atoms with Crippen LogP contribution < -0.4 is 10.3 Å². The average Bonchev–Trinajstić information content (AvgIpc) is 3.04. The van der Waals surface area contributed by atoms with E-state index in [1.807, 2.05) is 25.1 Å². The lowest BCUT2D eigenvalue weighted by Gasteiger charge is -2.06. The van der Waals surface area contributed by atoms with Gasteiger partial charge >= 0.3 is 0 Å². The molecule has 0 N–H and O–H groups in total. The van der Waals surface area contributed by atoms with Crippen molar-refractivity contribution in [3.8, 4) is 11.6 Å². The van der Waals surface area contributed by atoms with Crippen LogP contribution in [0.25, 0.3) is 21.9 Å². The molecule has 0 unspecified atom stereocenters. The van der Waals surface area contributed by atoms with Gasteiger partial charge in [-0.15, -0.1) is 0 Å². The summed E-state index contributed by atoms with van der Waals surface area (Å²) in [4.78, 5) is 22.1. The molecule has 0 radical (unpaired) electrons. The Morgan fingerprint density at radius 2 is 1.84 bits per heavy atom. The number of nitrogens with zero attached hydrogens (tertiary/aromatic N) is 5. The smallest absolute Gasteiger partial charge is 0.291 e. The number of halogens is 1. The fraction of sp³-hybridized carbons (Fsp3) is 0.130. The fourth-order valence-electron chi connectivity index (χ4n) is 3.65. The van der Waals surface area contributed by atoms with Crippen molar-refractivity contribution in [1.82, 2.24) is 24.3 Å². The van der Waals surface area contributed by atoms with Crippen molar-refractivity contribution in [1.29, 1.82) is 0 Å². The quantitative estimate of drug-likeness (QED) is 0.444. The van der Waals surface area contributed by atoms with Crippen LogP contribution in [0, 0.1) is 12.7 Å². The van der Waals surface area contributed by atoms with Crippen LogP contribution in [0.4, 0.5) is 4.39 Å². The third kappa shape index (κ3) is 3.31. The molecule has 31 heavy (non-hydrogen) atoms. The highest BCUT2D eigenvalue weighted by atomic mass is 19.1. The first kappa shape index (κ1) is 18.9. The van der Waals surface area contributed by atoms with E-state index in [0.29, 0.717) is 16.6 Å². The van der Waals surface area contributed by atoms with Gasteiger partial charge in [-0.2, -0.15) is 10.1 Å². The summed E-state index contributed by atoms with van der Waals surface area (Å²) in [5.74, 6) is -0.151. The maximum atomic E-state index is 13.9. The molecule has 8 heteroatoms. The van der Waals surface area contributed by atoms with E-state index in [-0.39, 0.29) is 23.7 Å². The Morgan fingerprint density at radius 1 is 1.00 bits per heavy atom. The lowest BCUT2D eigenvalue weighted by Crippen LogP contribution is -2.25. The van der Waals surface area contributed by atoms with E-state index >= 15 is 0 Å². The Labute approximate surface area is 176 Å². The highest BCUT2D eigenvalue weighted by molar-refractivity contribution is 6.05. The highest BCUT2D eigenvalue weighted by Crippen LogP contribution is 2.28. The molecule has 0 saturated heterocycles. The van der Waals surface area contributed by atoms with E-state index in [0.717, 1.165) is 16.8 Å². The van der Waals surface area contributed by atoms with Crippen LogP contribution >= 0.6 is 0 Å². The summed E-state index contributed by atoms with van der Waals surface area (Å²) in [7, 11) is 1.77. The summed E-state index contributed by atoms with van der Waals surface area (Å²) in [5.41, 5.74) is 2.43. The van der Waals surface area contributed by atoms with E-state index in [1.165, 1.54) is 16.8 Å². The normalized spacial score (nSPS) is 11.3. The lowest BCUT2D eigenvalue weighted by molar-refractivity contribution is 0.428. The van der Waals surface area contributed by atoms with E-state index in [2.05, 4.69) is 15.1 Å². The van der Waals surface area contributed by atoms with Crippen LogP contribution in [-0.2, 0) is 13.6 Å². The molecule has 0 aliphatic carbocycles. The van der Waals surface area contributed by atoms with Gasteiger partial charge in [0.15, 0.2) is 11.6 Å². The molecule has 0 bridgehead atoms. The highest BCUT2D eigenvalue weighted by Gasteiger charge is 2.16. The monoisotopic (exact) mass is 415 g/mol. The number of aromatic nitrogens is 5. The Hall–Kier alpha value is -4.07. The third-order valence-corrected chi connectivity index (χ3v) is 5.12. The number of hydrogen-bond donors (Lipinski definition) is 0. The van der Waals surface area contributed by atoms with Gasteiger partial charge < -0.3 is 9.30 Å². The molecule has 5 rings (SSSR count). The van der Waals surface area contributed by atoms with Crippen LogP contribution in [0.1, 0.15) is 11.4 Å². The van der Waals surface area contributed by atoms with Gasteiger partial charge in [0, 0.05) is 29.6 Å². The Balaban J connectivity index is 1.59. The Kier molecular flexibility index (Phi) is 4.47. The van der Waals surface area contributed by atoms with E-state index < -0.39 is 5.82 Å². The summed E-state index contributed by atoms with van der Waals surface area (Å²) < 4.78 is 22.6. The first-order valence-electron chi connectivity index (χ1n) is 9.71. The lowest BCUT2D eigenvalue weighted by atomic mass is 10.2. The minimum absolute atomic E-state index is 0.0859. The van der Waals surface area contributed by atoms with Crippen molar-refractivity contribution in [2.75, 3.05) is 0 Å². The molecule has 5 aromatic rings. The molecule has 1 aromatic carbocycles. The summed E-state index contributed by atoms with van der Waals surface area (Å²) in [6.07, 6.45) is 1.66. The number of fused-ring (bicyclic) bond motifs is 3. The molecule has 4 aromatic heterocycles. The second-order valence-electron chi connectivity index (χ2n) is 7.25. The summed E-state index contributed by atoms with van der Waals surface area (Å²) in [6.45, 7) is 2.17. The molecule has 0 fully saturated rings. The van der Waals surface area contributed by atoms with Gasteiger partial charge in [0.25, 0.3) is 5.56 Å². The molecule has 0 aliphatic heterocycles. The van der Waals surface area contributed by atoms with Crippen LogP contribution in [-0.4, -0.2) is 24.3 Å². The third-order valence-electron chi connectivity index (χ3n) is 5.12. The van der Waals surface area contributed by atoms with Crippen molar-refractivity contribution >= 4 is 21.9 Å². The number of ether oxygens (including phenoxy) is 1. The SMILES string of the molecule is Cc1cccc(Cn2ncc3c4ccc(Oc5ccccc5F)nc4n(C)c3c2=O)n1. The van der Waals surface area contributed by atoms with Gasteiger partial charge in [-0.1, -0.05) is 18.2 Å². The summed E-state index contributed by atoms with van der Waals surface area (Å²) >= 11 is 0. The van der Waals surface area contributed by atoms with Gasteiger partial charge in [0.05, 0.1) is 18.4 Å². The number of pyridine rings is 2. The van der Waals surface area contributed by atoms with Crippen LogP contribution in [0.5, 0.6) is 11.6 Å². The Morgan fingerprint density at radius 3 is 2.65 bits per heavy atom. The van der Waals surface area contributed by atoms with E-state index in [4.69, 9.17) is 4.74 Å². The van der Waals surface area contributed by atoms with Gasteiger partial charge in [-0.25, -0.2) is 9.07 Å². The number of hydrogen-bond acceptors (Lipinski definition) is 5. The number of rotatable bonds is 4. The molecule has 0 saturated carbocycles. The van der Waals surface area contributed by atoms with Crippen LogP contribution in [0.3, 0.4) is 0 Å². The minimum atomic E-state index is -0.474. The first-order valence-corrected chi connectivity index (χ1v) is 9.71. The molecule has 0 spiro atoms. The summed E-state index contributed by atoms with van der Waals surface area (Å²) in [5, 5.41) is 5.80. The molecule has 154 valence electrons. The number of aryl methyl sites for hydroxylation is 2. The molecule has 4 heterocycles. The fourth-order valence-corrected chi connectivity index (χ4v) is 3.65. The largest absolute Gasteiger partial charge is 0.436 e. The van der Waals surface area contributed by atoms with Crippen molar-refractivity contribution in [2.24, 2.45) is 7.05 Å². The zero-order valence-electron chi connectivity index (χ0n) is 16.9. The van der Waals surface area contributed by atoms with Gasteiger partial charge in [-0.3, -0.25) is 9.78 Å². The molecular formula is C23H18FN5O2. The van der Waals surface area contributed by atoms with E-state index in [1.54, 1.807) is 42.1 Å². The molecule has 0 amide bonds. The maximum absolute atomic E-state index is 13.9. The zero-order valence-corrected chi connectivity index (χ0v) is 16.9. The standard InChI is InChI=1S/C23H18FN5O2/c1-14-6-5-7-15(26-14)13-29-23(30)21-17(12-25-29)16-10-11-20(27-22(16)28(21)2)31-19-9-4-3-8-18(19)24/h3-12H,13H2,1-2H3. The minimum Gasteiger partial charge on any atom is -0.436 e.